The zero-order valence-electron chi connectivity index (χ0n) is 62.6. The number of aromatic nitrogens is 12. The monoisotopic (exact) mass is 1480 g/mol. The fraction of sp³-hybridized carbons (Fsp3) is 0. The van der Waals surface area contributed by atoms with E-state index in [1.165, 1.54) is 0 Å². The van der Waals surface area contributed by atoms with Crippen molar-refractivity contribution < 1.29 is 0 Å². The van der Waals surface area contributed by atoms with Gasteiger partial charge in [-0.2, -0.15) is 0 Å². The minimum Gasteiger partial charge on any atom is -0.247 e. The second kappa shape index (κ2) is 32.2. The Balaban J connectivity index is 0.000000155. The van der Waals surface area contributed by atoms with Gasteiger partial charge >= 0.3 is 0 Å². The normalized spacial score (nSPS) is 11.1. The Kier molecular flexibility index (Phi) is 19.6. The standard InChI is InChI=1S/C53H35N5.C51H33N7/c1-5-15-36(16-6-1)47-34-48(37-17-7-2-8-18-37)56-52(55-47)42-29-25-40(26-30-42)46-33-44-23-13-14-24-45(44)51(54-46)41-27-31-43(32-28-41)53-57-49(38-19-9-3-10-20-38)35-50(58-53)39-21-11-4-12-22-39;1-5-15-36(16-6-1)46-53-47(37-17-7-2-8-18-37)56-50(55-46)40-29-25-34(26-30-40)44-33-42-23-13-14-24-43(42)45(52-44)35-27-31-41(32-28-35)51-57-48(38-19-9-3-10-20-38)54-49(58-51)39-21-11-4-12-22-39/h1-35H;1-33H. The molecule has 0 spiro atoms. The maximum Gasteiger partial charge on any atom is 0.164 e. The highest BCUT2D eigenvalue weighted by atomic mass is 15.0. The number of rotatable bonds is 16. The Bertz CT molecular complexity index is 6210. The average Bonchev–Trinajstić information content (AvgIpc) is 0.776. The third kappa shape index (κ3) is 15.3. The van der Waals surface area contributed by atoms with E-state index in [1.54, 1.807) is 0 Å². The molecule has 0 fully saturated rings. The summed E-state index contributed by atoms with van der Waals surface area (Å²) in [7, 11) is 0. The third-order valence-electron chi connectivity index (χ3n) is 20.3. The number of benzene rings is 14. The van der Waals surface area contributed by atoms with E-state index >= 15 is 0 Å². The van der Waals surface area contributed by atoms with Gasteiger partial charge in [0, 0.05) is 99.8 Å². The van der Waals surface area contributed by atoms with Gasteiger partial charge in [-0.25, -0.2) is 59.8 Å². The fourth-order valence-corrected chi connectivity index (χ4v) is 14.3. The lowest BCUT2D eigenvalue weighted by molar-refractivity contribution is 1.07. The summed E-state index contributed by atoms with van der Waals surface area (Å²) in [5.74, 6) is 5.08. The lowest BCUT2D eigenvalue weighted by Crippen LogP contribution is -2.00. The van der Waals surface area contributed by atoms with Crippen LogP contribution in [-0.2, 0) is 0 Å². The Morgan fingerprint density at radius 2 is 0.276 bits per heavy atom. The van der Waals surface area contributed by atoms with Crippen LogP contribution in [0.3, 0.4) is 0 Å². The first kappa shape index (κ1) is 70.5. The van der Waals surface area contributed by atoms with Crippen LogP contribution in [0.1, 0.15) is 0 Å². The fourth-order valence-electron chi connectivity index (χ4n) is 14.3. The van der Waals surface area contributed by atoms with E-state index in [0.29, 0.717) is 46.6 Å². The molecule has 12 nitrogen and oxygen atoms in total. The van der Waals surface area contributed by atoms with Crippen LogP contribution in [0.2, 0.25) is 0 Å². The molecule has 0 unspecified atom stereocenters. The highest BCUT2D eigenvalue weighted by molar-refractivity contribution is 5.99. The van der Waals surface area contributed by atoms with Crippen molar-refractivity contribution in [3.8, 4) is 181 Å². The molecule has 0 aliphatic rings. The van der Waals surface area contributed by atoms with Crippen molar-refractivity contribution in [1.82, 2.24) is 59.8 Å². The van der Waals surface area contributed by atoms with Crippen LogP contribution in [-0.4, -0.2) is 59.8 Å². The maximum atomic E-state index is 5.30. The number of fused-ring (bicyclic) bond motifs is 2. The van der Waals surface area contributed by atoms with Gasteiger partial charge in [0.05, 0.1) is 45.6 Å². The highest BCUT2D eigenvalue weighted by Gasteiger charge is 2.20. The van der Waals surface area contributed by atoms with Gasteiger partial charge in [0.15, 0.2) is 46.6 Å². The van der Waals surface area contributed by atoms with Crippen molar-refractivity contribution in [3.63, 3.8) is 0 Å². The summed E-state index contributed by atoms with van der Waals surface area (Å²) in [6.45, 7) is 0. The first-order chi connectivity index (χ1) is 57.4. The van der Waals surface area contributed by atoms with E-state index in [2.05, 4.69) is 218 Å². The summed E-state index contributed by atoms with van der Waals surface area (Å²) in [5.41, 5.74) is 22.7. The van der Waals surface area contributed by atoms with E-state index in [-0.39, 0.29) is 0 Å². The molecule has 0 bridgehead atoms. The molecule has 12 heteroatoms. The number of hydrogen-bond donors (Lipinski definition) is 0. The van der Waals surface area contributed by atoms with Gasteiger partial charge in [-0.1, -0.05) is 388 Å². The lowest BCUT2D eigenvalue weighted by atomic mass is 9.99. The van der Waals surface area contributed by atoms with Gasteiger partial charge in [-0.15, -0.1) is 0 Å². The molecule has 0 aliphatic heterocycles. The van der Waals surface area contributed by atoms with Gasteiger partial charge in [-0.3, -0.25) is 0 Å². The van der Waals surface area contributed by atoms with Gasteiger partial charge in [-0.05, 0) is 35.0 Å². The van der Waals surface area contributed by atoms with Gasteiger partial charge < -0.3 is 0 Å². The Morgan fingerprint density at radius 3 is 0.517 bits per heavy atom. The predicted molar refractivity (Wildman–Crippen MR) is 468 cm³/mol. The summed E-state index contributed by atoms with van der Waals surface area (Å²) in [4.78, 5) is 60.1. The van der Waals surface area contributed by atoms with Crippen LogP contribution in [0.5, 0.6) is 0 Å². The van der Waals surface area contributed by atoms with Crippen LogP contribution in [0.15, 0.2) is 413 Å². The molecule has 116 heavy (non-hydrogen) atoms. The Morgan fingerprint density at radius 1 is 0.112 bits per heavy atom. The van der Waals surface area contributed by atoms with Crippen molar-refractivity contribution in [2.45, 2.75) is 0 Å². The second-order valence-electron chi connectivity index (χ2n) is 27.9. The van der Waals surface area contributed by atoms with E-state index in [0.717, 1.165) is 156 Å². The van der Waals surface area contributed by atoms with E-state index in [1.807, 2.05) is 194 Å². The zero-order valence-corrected chi connectivity index (χ0v) is 62.6. The zero-order chi connectivity index (χ0) is 77.4. The first-order valence-electron chi connectivity index (χ1n) is 38.4. The summed E-state index contributed by atoms with van der Waals surface area (Å²) < 4.78 is 0. The molecule has 0 saturated carbocycles. The quantitative estimate of drug-likeness (QED) is 0.0904. The smallest absolute Gasteiger partial charge is 0.164 e. The molecule has 20 aromatic rings. The first-order valence-corrected chi connectivity index (χ1v) is 38.4. The second-order valence-corrected chi connectivity index (χ2v) is 27.9. The molecule has 14 aromatic carbocycles. The molecule has 0 aliphatic carbocycles. The average molecular weight is 1490 g/mol. The topological polar surface area (TPSA) is 155 Å². The largest absolute Gasteiger partial charge is 0.247 e. The van der Waals surface area contributed by atoms with Gasteiger partial charge in [0.25, 0.3) is 0 Å². The molecule has 0 atom stereocenters. The molecule has 0 N–H and O–H groups in total. The molecule has 0 radical (unpaired) electrons. The molecular formula is C104H68N12. The molecule has 6 heterocycles. The van der Waals surface area contributed by atoms with E-state index < -0.39 is 0 Å². The van der Waals surface area contributed by atoms with E-state index in [4.69, 9.17) is 59.8 Å². The third-order valence-corrected chi connectivity index (χ3v) is 20.3. The molecule has 0 saturated heterocycles. The maximum absolute atomic E-state index is 5.30. The summed E-state index contributed by atoms with van der Waals surface area (Å²) in [6.07, 6.45) is 0. The van der Waals surface area contributed by atoms with Crippen LogP contribution >= 0.6 is 0 Å². The minimum atomic E-state index is 0.607. The number of nitrogens with zero attached hydrogens (tertiary/aromatic N) is 12. The highest BCUT2D eigenvalue weighted by Crippen LogP contribution is 2.39. The Labute approximate surface area is 670 Å². The van der Waals surface area contributed by atoms with Crippen LogP contribution in [0.25, 0.3) is 203 Å². The number of hydrogen-bond acceptors (Lipinski definition) is 12. The molecule has 544 valence electrons. The lowest BCUT2D eigenvalue weighted by Gasteiger charge is -2.12. The predicted octanol–water partition coefficient (Wildman–Crippen LogP) is 25.1. The minimum absolute atomic E-state index is 0.607. The summed E-state index contributed by atoms with van der Waals surface area (Å²) in [6, 6.07) is 140. The van der Waals surface area contributed by atoms with Crippen molar-refractivity contribution in [1.29, 1.82) is 0 Å². The summed E-state index contributed by atoms with van der Waals surface area (Å²) >= 11 is 0. The van der Waals surface area contributed by atoms with E-state index in [9.17, 15) is 0 Å². The van der Waals surface area contributed by atoms with Crippen molar-refractivity contribution >= 4 is 21.5 Å². The SMILES string of the molecule is c1ccc(-c2cc(-c3ccccc3)nc(-c3ccc(-c4cc5ccccc5c(-c5ccc(-c6nc(-c7ccccc7)cc(-c7ccccc7)n6)cc5)n4)cc3)n2)cc1.c1ccc(-c2nc(-c3ccccc3)nc(-c3ccc(-c4cc5ccccc5c(-c5ccc(-c6nc(-c7ccccc7)nc(-c7ccccc7)n6)cc5)n4)cc3)n2)cc1. The van der Waals surface area contributed by atoms with Crippen molar-refractivity contribution in [3.05, 3.63) is 413 Å². The summed E-state index contributed by atoms with van der Waals surface area (Å²) in [5, 5.41) is 4.38. The van der Waals surface area contributed by atoms with Gasteiger partial charge in [0.1, 0.15) is 0 Å². The van der Waals surface area contributed by atoms with Crippen LogP contribution in [0, 0.1) is 0 Å². The van der Waals surface area contributed by atoms with Gasteiger partial charge in [0.2, 0.25) is 0 Å². The van der Waals surface area contributed by atoms with Crippen molar-refractivity contribution in [2.75, 3.05) is 0 Å². The van der Waals surface area contributed by atoms with Crippen LogP contribution < -0.4 is 0 Å². The van der Waals surface area contributed by atoms with Crippen molar-refractivity contribution in [2.24, 2.45) is 0 Å². The molecule has 20 rings (SSSR count). The molecule has 6 aromatic heterocycles. The molecular weight excluding hydrogens is 1420 g/mol. The van der Waals surface area contributed by atoms with Crippen LogP contribution in [0.4, 0.5) is 0 Å². The molecule has 0 amide bonds. The Hall–Kier alpha value is -15.9. The number of pyridine rings is 2.